The number of carbonyl (C=O) groups excluding carboxylic acids is 1. The monoisotopic (exact) mass is 516 g/mol. The molecule has 5 rings (SSSR count). The molecule has 2 aromatic carbocycles. The van der Waals surface area contributed by atoms with Gasteiger partial charge >= 0.3 is 0 Å². The zero-order valence-corrected chi connectivity index (χ0v) is 21.4. The van der Waals surface area contributed by atoms with Crippen molar-refractivity contribution in [1.29, 1.82) is 0 Å². The van der Waals surface area contributed by atoms with Gasteiger partial charge in [0.25, 0.3) is 0 Å². The molecule has 0 spiro atoms. The number of carbonyl (C=O) groups is 1. The molecular formula is C28H25ClN4O2S. The number of benzene rings is 2. The number of halogens is 1. The Morgan fingerprint density at radius 1 is 1.14 bits per heavy atom. The van der Waals surface area contributed by atoms with Crippen molar-refractivity contribution in [2.45, 2.75) is 32.4 Å². The summed E-state index contributed by atoms with van der Waals surface area (Å²) in [5.41, 5.74) is 4.42. The third kappa shape index (κ3) is 4.72. The van der Waals surface area contributed by atoms with Crippen molar-refractivity contribution in [2.75, 3.05) is 10.2 Å². The third-order valence-electron chi connectivity index (χ3n) is 6.23. The number of hydrogen-bond donors (Lipinski definition) is 2. The minimum atomic E-state index is -0.274. The van der Waals surface area contributed by atoms with E-state index in [1.165, 1.54) is 0 Å². The topological polar surface area (TPSA) is 70.4 Å². The van der Waals surface area contributed by atoms with Crippen molar-refractivity contribution in [3.63, 3.8) is 0 Å². The molecule has 3 heterocycles. The van der Waals surface area contributed by atoms with Crippen LogP contribution in [0, 0.1) is 6.92 Å². The molecular weight excluding hydrogens is 492 g/mol. The first-order chi connectivity index (χ1) is 17.4. The summed E-state index contributed by atoms with van der Waals surface area (Å²) in [6, 6.07) is 22.7. The first kappa shape index (κ1) is 24.0. The van der Waals surface area contributed by atoms with Crippen molar-refractivity contribution < 1.29 is 9.21 Å². The summed E-state index contributed by atoms with van der Waals surface area (Å²) in [7, 11) is 0. The molecule has 0 bridgehead atoms. The van der Waals surface area contributed by atoms with Crippen LogP contribution in [0.3, 0.4) is 0 Å². The Bertz CT molecular complexity index is 1400. The van der Waals surface area contributed by atoms with Crippen molar-refractivity contribution >= 4 is 46.2 Å². The fourth-order valence-electron chi connectivity index (χ4n) is 4.38. The normalized spacial score (nSPS) is 17.2. The molecule has 1 aliphatic rings. The number of aryl methyl sites for hydroxylation is 1. The van der Waals surface area contributed by atoms with Crippen molar-refractivity contribution in [2.24, 2.45) is 0 Å². The molecule has 1 aliphatic heterocycles. The number of pyridine rings is 1. The van der Waals surface area contributed by atoms with Gasteiger partial charge in [-0.15, -0.1) is 0 Å². The van der Waals surface area contributed by atoms with Crippen LogP contribution in [0.4, 0.5) is 11.4 Å². The highest BCUT2D eigenvalue weighted by molar-refractivity contribution is 7.80. The molecule has 6 nitrogen and oxygen atoms in total. The maximum absolute atomic E-state index is 11.9. The molecule has 0 unspecified atom stereocenters. The lowest BCUT2D eigenvalue weighted by Crippen LogP contribution is -2.29. The summed E-state index contributed by atoms with van der Waals surface area (Å²) >= 11 is 11.9. The van der Waals surface area contributed by atoms with E-state index in [1.54, 1.807) is 6.20 Å². The van der Waals surface area contributed by atoms with Gasteiger partial charge in [-0.1, -0.05) is 24.6 Å². The lowest BCUT2D eigenvalue weighted by Gasteiger charge is -2.26. The fourth-order valence-corrected chi connectivity index (χ4v) is 4.85. The number of hydrogen-bond acceptors (Lipinski definition) is 4. The first-order valence-corrected chi connectivity index (χ1v) is 12.5. The van der Waals surface area contributed by atoms with Gasteiger partial charge in [-0.3, -0.25) is 9.78 Å². The van der Waals surface area contributed by atoms with Crippen LogP contribution in [0.15, 0.2) is 83.4 Å². The summed E-state index contributed by atoms with van der Waals surface area (Å²) < 4.78 is 6.40. The van der Waals surface area contributed by atoms with E-state index in [1.807, 2.05) is 86.6 Å². The predicted molar refractivity (Wildman–Crippen MR) is 147 cm³/mol. The Kier molecular flexibility index (Phi) is 6.76. The van der Waals surface area contributed by atoms with E-state index in [2.05, 4.69) is 20.5 Å². The minimum absolute atomic E-state index is 0.0254. The quantitative estimate of drug-likeness (QED) is 0.274. The molecule has 2 atom stereocenters. The number of furan rings is 1. The number of amides is 1. The molecule has 2 aromatic heterocycles. The molecule has 2 N–H and O–H groups in total. The molecule has 4 aromatic rings. The van der Waals surface area contributed by atoms with Crippen LogP contribution in [-0.4, -0.2) is 16.0 Å². The number of anilines is 2. The Morgan fingerprint density at radius 2 is 1.94 bits per heavy atom. The lowest BCUT2D eigenvalue weighted by molar-refractivity contribution is -0.115. The summed E-state index contributed by atoms with van der Waals surface area (Å²) in [4.78, 5) is 18.6. The molecule has 1 saturated heterocycles. The second-order valence-electron chi connectivity index (χ2n) is 8.61. The van der Waals surface area contributed by atoms with Gasteiger partial charge in [0.2, 0.25) is 5.91 Å². The second kappa shape index (κ2) is 10.1. The summed E-state index contributed by atoms with van der Waals surface area (Å²) in [5, 5.41) is 7.64. The minimum Gasteiger partial charge on any atom is -0.459 e. The highest BCUT2D eigenvalue weighted by Gasteiger charge is 2.42. The highest BCUT2D eigenvalue weighted by Crippen LogP contribution is 2.43. The van der Waals surface area contributed by atoms with Gasteiger partial charge in [0.05, 0.1) is 11.7 Å². The predicted octanol–water partition coefficient (Wildman–Crippen LogP) is 6.83. The van der Waals surface area contributed by atoms with Crippen LogP contribution in [0.1, 0.15) is 42.4 Å². The average molecular weight is 517 g/mol. The van der Waals surface area contributed by atoms with E-state index in [9.17, 15) is 4.79 Å². The van der Waals surface area contributed by atoms with Crippen molar-refractivity contribution in [3.05, 3.63) is 101 Å². The molecule has 0 saturated carbocycles. The Labute approximate surface area is 220 Å². The SMILES string of the molecule is CCC(=O)Nc1ccc(N2C(=S)N[C@H](c3ccccn3)[C@@H]2c2ccc(-c3ccc(Cl)cc3)o2)cc1C. The van der Waals surface area contributed by atoms with Gasteiger partial charge in [0.15, 0.2) is 5.11 Å². The third-order valence-corrected chi connectivity index (χ3v) is 6.80. The smallest absolute Gasteiger partial charge is 0.224 e. The molecule has 1 amide bonds. The van der Waals surface area contributed by atoms with Crippen LogP contribution in [-0.2, 0) is 4.79 Å². The number of nitrogens with one attached hydrogen (secondary N) is 2. The maximum atomic E-state index is 11.9. The standard InChI is InChI=1S/C28H25ClN4O2S/c1-3-25(34)31-21-12-11-20(16-17(21)2)33-27(26(32-28(33)36)22-6-4-5-15-30-22)24-14-13-23(35-24)18-7-9-19(29)10-8-18/h4-16,26-27H,3H2,1-2H3,(H,31,34)(H,32,36)/t26-,27+/m1/s1. The van der Waals surface area contributed by atoms with E-state index >= 15 is 0 Å². The van der Waals surface area contributed by atoms with E-state index in [-0.39, 0.29) is 18.0 Å². The number of aromatic nitrogens is 1. The summed E-state index contributed by atoms with van der Waals surface area (Å²) in [5.74, 6) is 1.47. The lowest BCUT2D eigenvalue weighted by atomic mass is 10.0. The van der Waals surface area contributed by atoms with Crippen LogP contribution in [0.5, 0.6) is 0 Å². The van der Waals surface area contributed by atoms with Gasteiger partial charge in [0, 0.05) is 34.6 Å². The van der Waals surface area contributed by atoms with Crippen LogP contribution in [0.25, 0.3) is 11.3 Å². The van der Waals surface area contributed by atoms with Crippen LogP contribution < -0.4 is 15.5 Å². The average Bonchev–Trinajstić information content (AvgIpc) is 3.51. The Hall–Kier alpha value is -3.68. The van der Waals surface area contributed by atoms with Crippen molar-refractivity contribution in [3.8, 4) is 11.3 Å². The number of rotatable bonds is 6. The van der Waals surface area contributed by atoms with Gasteiger partial charge in [0.1, 0.15) is 17.6 Å². The van der Waals surface area contributed by atoms with Gasteiger partial charge in [-0.2, -0.15) is 0 Å². The summed E-state index contributed by atoms with van der Waals surface area (Å²) in [6.45, 7) is 3.80. The van der Waals surface area contributed by atoms with Crippen LogP contribution in [0.2, 0.25) is 5.02 Å². The molecule has 0 radical (unpaired) electrons. The molecule has 8 heteroatoms. The van der Waals surface area contributed by atoms with Gasteiger partial charge in [-0.25, -0.2) is 0 Å². The Morgan fingerprint density at radius 3 is 2.64 bits per heavy atom. The first-order valence-electron chi connectivity index (χ1n) is 11.7. The van der Waals surface area contributed by atoms with E-state index in [0.29, 0.717) is 16.6 Å². The molecule has 0 aliphatic carbocycles. The van der Waals surface area contributed by atoms with Crippen molar-refractivity contribution in [1.82, 2.24) is 10.3 Å². The summed E-state index contributed by atoms with van der Waals surface area (Å²) in [6.07, 6.45) is 2.19. The van der Waals surface area contributed by atoms with Crippen LogP contribution >= 0.6 is 23.8 Å². The zero-order chi connectivity index (χ0) is 25.2. The Balaban J connectivity index is 1.55. The molecule has 1 fully saturated rings. The molecule has 182 valence electrons. The van der Waals surface area contributed by atoms with Gasteiger partial charge < -0.3 is 20.0 Å². The number of thiocarbonyl (C=S) groups is 1. The van der Waals surface area contributed by atoms with Gasteiger partial charge in [-0.05, 0) is 91.4 Å². The maximum Gasteiger partial charge on any atom is 0.224 e. The molecule has 36 heavy (non-hydrogen) atoms. The van der Waals surface area contributed by atoms with E-state index in [4.69, 9.17) is 28.2 Å². The second-order valence-corrected chi connectivity index (χ2v) is 9.43. The van der Waals surface area contributed by atoms with E-state index < -0.39 is 0 Å². The fraction of sp³-hybridized carbons (Fsp3) is 0.179. The number of nitrogens with zero attached hydrogens (tertiary/aromatic N) is 2. The zero-order valence-electron chi connectivity index (χ0n) is 19.9. The largest absolute Gasteiger partial charge is 0.459 e. The van der Waals surface area contributed by atoms with E-state index in [0.717, 1.165) is 39.7 Å². The highest BCUT2D eigenvalue weighted by atomic mass is 35.5.